The summed E-state index contributed by atoms with van der Waals surface area (Å²) in [6.07, 6.45) is 0. The Kier molecular flexibility index (Phi) is 4.65. The van der Waals surface area contributed by atoms with Gasteiger partial charge in [-0.05, 0) is 39.8 Å². The molecule has 19 heavy (non-hydrogen) atoms. The van der Waals surface area contributed by atoms with Gasteiger partial charge in [0.15, 0.2) is 0 Å². The second kappa shape index (κ2) is 5.66. The molecule has 0 heterocycles. The molecule has 1 rings (SSSR count). The summed E-state index contributed by atoms with van der Waals surface area (Å²) in [5.41, 5.74) is 0.135. The second-order valence-electron chi connectivity index (χ2n) is 4.96. The van der Waals surface area contributed by atoms with Gasteiger partial charge in [0.05, 0.1) is 10.6 Å². The lowest BCUT2D eigenvalue weighted by Crippen LogP contribution is -2.26. The van der Waals surface area contributed by atoms with Crippen molar-refractivity contribution < 1.29 is 13.9 Å². The highest BCUT2D eigenvalue weighted by atomic mass is 32.2. The fourth-order valence-corrected chi connectivity index (χ4v) is 1.82. The fraction of sp³-hybridized carbons (Fsp3) is 0.417. The third-order valence-corrected chi connectivity index (χ3v) is 3.79. The minimum Gasteiger partial charge on any atom is -0.591 e. The van der Waals surface area contributed by atoms with Gasteiger partial charge in [-0.2, -0.15) is 4.39 Å². The normalized spacial score (nSPS) is 14.3. The van der Waals surface area contributed by atoms with E-state index in [1.165, 1.54) is 6.07 Å². The third-order valence-electron chi connectivity index (χ3n) is 2.30. The Morgan fingerprint density at radius 3 is 2.47 bits per heavy atom. The summed E-state index contributed by atoms with van der Waals surface area (Å²) in [7, 11) is 0. The number of hydrogen-bond acceptors (Lipinski definition) is 4. The molecule has 104 valence electrons. The molecule has 1 aromatic rings. The molecule has 1 unspecified atom stereocenters. The molecular formula is C12H15FN2O3S. The summed E-state index contributed by atoms with van der Waals surface area (Å²) in [4.78, 5) is 9.84. The SMILES string of the molecule is CC(=N[S+]([O-])C(C)(C)C)c1ccc(F)c([N+](=O)[O-])c1. The fourth-order valence-electron chi connectivity index (χ4n) is 1.19. The van der Waals surface area contributed by atoms with Gasteiger partial charge in [0.1, 0.15) is 16.1 Å². The summed E-state index contributed by atoms with van der Waals surface area (Å²) in [6, 6.07) is 3.47. The third kappa shape index (κ3) is 4.00. The van der Waals surface area contributed by atoms with E-state index in [-0.39, 0.29) is 0 Å². The quantitative estimate of drug-likeness (QED) is 0.371. The summed E-state index contributed by atoms with van der Waals surface area (Å²) < 4.78 is 28.5. The molecule has 0 aliphatic rings. The van der Waals surface area contributed by atoms with Gasteiger partial charge in [-0.3, -0.25) is 10.1 Å². The van der Waals surface area contributed by atoms with Crippen molar-refractivity contribution in [2.24, 2.45) is 4.40 Å². The van der Waals surface area contributed by atoms with E-state index in [0.717, 1.165) is 12.1 Å². The first-order chi connectivity index (χ1) is 8.62. The molecule has 0 fully saturated rings. The van der Waals surface area contributed by atoms with E-state index < -0.39 is 32.5 Å². The molecule has 0 radical (unpaired) electrons. The zero-order valence-corrected chi connectivity index (χ0v) is 12.0. The van der Waals surface area contributed by atoms with E-state index in [9.17, 15) is 19.1 Å². The highest BCUT2D eigenvalue weighted by Crippen LogP contribution is 2.21. The second-order valence-corrected chi connectivity index (χ2v) is 6.87. The van der Waals surface area contributed by atoms with E-state index in [2.05, 4.69) is 4.40 Å². The molecule has 0 saturated carbocycles. The van der Waals surface area contributed by atoms with Gasteiger partial charge in [0.2, 0.25) is 5.82 Å². The van der Waals surface area contributed by atoms with Crippen LogP contribution >= 0.6 is 0 Å². The van der Waals surface area contributed by atoms with E-state index in [0.29, 0.717) is 11.3 Å². The Bertz CT molecular complexity index is 526. The zero-order chi connectivity index (χ0) is 14.8. The van der Waals surface area contributed by atoms with Crippen molar-refractivity contribution in [3.63, 3.8) is 0 Å². The van der Waals surface area contributed by atoms with Crippen molar-refractivity contribution >= 4 is 22.8 Å². The van der Waals surface area contributed by atoms with Crippen molar-refractivity contribution in [1.29, 1.82) is 0 Å². The Balaban J connectivity index is 3.14. The van der Waals surface area contributed by atoms with Crippen LogP contribution in [0.1, 0.15) is 33.3 Å². The topological polar surface area (TPSA) is 78.6 Å². The summed E-state index contributed by atoms with van der Waals surface area (Å²) in [5.74, 6) is -0.904. The Hall–Kier alpha value is -1.47. The lowest BCUT2D eigenvalue weighted by molar-refractivity contribution is -0.387. The summed E-state index contributed by atoms with van der Waals surface area (Å²) in [5, 5.41) is 10.6. The summed E-state index contributed by atoms with van der Waals surface area (Å²) in [6.45, 7) is 6.90. The molecule has 0 aliphatic carbocycles. The average Bonchev–Trinajstić information content (AvgIpc) is 2.27. The first kappa shape index (κ1) is 15.6. The molecular weight excluding hydrogens is 271 g/mol. The van der Waals surface area contributed by atoms with Crippen LogP contribution in [0.15, 0.2) is 22.6 Å². The van der Waals surface area contributed by atoms with Gasteiger partial charge in [0.25, 0.3) is 0 Å². The Labute approximate surface area is 114 Å². The van der Waals surface area contributed by atoms with Crippen LogP contribution in [-0.2, 0) is 11.4 Å². The van der Waals surface area contributed by atoms with Gasteiger partial charge in [-0.25, -0.2) is 0 Å². The highest BCUT2D eigenvalue weighted by Gasteiger charge is 2.27. The van der Waals surface area contributed by atoms with Crippen LogP contribution in [-0.4, -0.2) is 19.9 Å². The molecule has 0 spiro atoms. The minimum absolute atomic E-state index is 0.372. The summed E-state index contributed by atoms with van der Waals surface area (Å²) >= 11 is -1.47. The van der Waals surface area contributed by atoms with Gasteiger partial charge < -0.3 is 4.55 Å². The van der Waals surface area contributed by atoms with Gasteiger partial charge in [-0.15, -0.1) is 0 Å². The number of rotatable bonds is 3. The van der Waals surface area contributed by atoms with Crippen LogP contribution in [0.4, 0.5) is 10.1 Å². The van der Waals surface area contributed by atoms with Gasteiger partial charge in [0, 0.05) is 11.6 Å². The van der Waals surface area contributed by atoms with Crippen molar-refractivity contribution in [3.05, 3.63) is 39.7 Å². The Morgan fingerprint density at radius 2 is 2.00 bits per heavy atom. The van der Waals surface area contributed by atoms with Crippen LogP contribution < -0.4 is 0 Å². The molecule has 1 atom stereocenters. The van der Waals surface area contributed by atoms with Crippen LogP contribution in [0, 0.1) is 15.9 Å². The maximum Gasteiger partial charge on any atom is 0.305 e. The zero-order valence-electron chi connectivity index (χ0n) is 11.1. The number of benzene rings is 1. The maximum absolute atomic E-state index is 13.2. The minimum atomic E-state index is -1.47. The van der Waals surface area contributed by atoms with Gasteiger partial charge >= 0.3 is 5.69 Å². The van der Waals surface area contributed by atoms with E-state index in [4.69, 9.17) is 0 Å². The number of hydrogen-bond donors (Lipinski definition) is 0. The van der Waals surface area contributed by atoms with Crippen molar-refractivity contribution in [2.45, 2.75) is 32.4 Å². The standard InChI is InChI=1S/C12H15FN2O3S/c1-8(14-19(18)12(2,3)4)9-5-6-10(13)11(7-9)15(16)17/h5-7H,1-4H3. The molecule has 0 N–H and O–H groups in total. The lowest BCUT2D eigenvalue weighted by Gasteiger charge is -2.18. The average molecular weight is 286 g/mol. The van der Waals surface area contributed by atoms with E-state index in [1.54, 1.807) is 27.7 Å². The van der Waals surface area contributed by atoms with Crippen LogP contribution in [0.25, 0.3) is 0 Å². The van der Waals surface area contributed by atoms with E-state index >= 15 is 0 Å². The molecule has 0 aromatic heterocycles. The predicted octanol–water partition coefficient (Wildman–Crippen LogP) is 3.01. The maximum atomic E-state index is 13.2. The Morgan fingerprint density at radius 1 is 1.42 bits per heavy atom. The smallest absolute Gasteiger partial charge is 0.305 e. The monoisotopic (exact) mass is 286 g/mol. The molecule has 0 aliphatic heterocycles. The molecule has 1 aromatic carbocycles. The number of halogens is 1. The van der Waals surface area contributed by atoms with Gasteiger partial charge in [-0.1, -0.05) is 4.40 Å². The number of nitrogens with zero attached hydrogens (tertiary/aromatic N) is 2. The highest BCUT2D eigenvalue weighted by molar-refractivity contribution is 7.91. The largest absolute Gasteiger partial charge is 0.591 e. The molecule has 0 bridgehead atoms. The van der Waals surface area contributed by atoms with Crippen LogP contribution in [0.2, 0.25) is 0 Å². The predicted molar refractivity (Wildman–Crippen MR) is 73.2 cm³/mol. The lowest BCUT2D eigenvalue weighted by atomic mass is 10.1. The van der Waals surface area contributed by atoms with Crippen molar-refractivity contribution in [2.75, 3.05) is 0 Å². The van der Waals surface area contributed by atoms with Crippen LogP contribution in [0.3, 0.4) is 0 Å². The molecule has 7 heteroatoms. The van der Waals surface area contributed by atoms with Crippen molar-refractivity contribution in [1.82, 2.24) is 0 Å². The first-order valence-electron chi connectivity index (χ1n) is 5.54. The molecule has 5 nitrogen and oxygen atoms in total. The molecule has 0 amide bonds. The molecule has 0 saturated heterocycles. The number of nitro benzene ring substituents is 1. The van der Waals surface area contributed by atoms with Crippen LogP contribution in [0.5, 0.6) is 0 Å². The van der Waals surface area contributed by atoms with Crippen molar-refractivity contribution in [3.8, 4) is 0 Å². The first-order valence-corrected chi connectivity index (χ1v) is 6.65. The number of nitro groups is 1. The van der Waals surface area contributed by atoms with E-state index in [1.807, 2.05) is 0 Å².